The van der Waals surface area contributed by atoms with Crippen molar-refractivity contribution in [3.8, 4) is 0 Å². The zero-order chi connectivity index (χ0) is 15.8. The molecule has 21 heavy (non-hydrogen) atoms. The number of alkyl halides is 3. The standard InChI is InChI=1S/C13H9BrF3NO2S/c14-8-2-1-3-9(6-8)21(19,20)10-4-5-12(18)11(7-10)13(15,16)17/h1-7H,18H2. The molecule has 0 atom stereocenters. The minimum absolute atomic E-state index is 0.102. The van der Waals surface area contributed by atoms with E-state index < -0.39 is 32.2 Å². The summed E-state index contributed by atoms with van der Waals surface area (Å²) in [6, 6.07) is 8.27. The van der Waals surface area contributed by atoms with Gasteiger partial charge >= 0.3 is 6.18 Å². The summed E-state index contributed by atoms with van der Waals surface area (Å²) in [5.41, 5.74) is 3.57. The first-order valence-electron chi connectivity index (χ1n) is 5.60. The van der Waals surface area contributed by atoms with E-state index in [1.165, 1.54) is 18.2 Å². The van der Waals surface area contributed by atoms with Gasteiger partial charge in [-0.1, -0.05) is 22.0 Å². The molecule has 0 unspecified atom stereocenters. The second-order valence-electron chi connectivity index (χ2n) is 4.21. The first kappa shape index (κ1) is 15.8. The van der Waals surface area contributed by atoms with Gasteiger partial charge in [-0.3, -0.25) is 0 Å². The third-order valence-electron chi connectivity index (χ3n) is 2.75. The lowest BCUT2D eigenvalue weighted by Crippen LogP contribution is -2.11. The van der Waals surface area contributed by atoms with Crippen molar-refractivity contribution in [2.24, 2.45) is 0 Å². The van der Waals surface area contributed by atoms with Crippen molar-refractivity contribution in [3.63, 3.8) is 0 Å². The lowest BCUT2D eigenvalue weighted by atomic mass is 10.2. The molecule has 0 aliphatic heterocycles. The van der Waals surface area contributed by atoms with Crippen molar-refractivity contribution < 1.29 is 21.6 Å². The quantitative estimate of drug-likeness (QED) is 0.805. The Labute approximate surface area is 127 Å². The van der Waals surface area contributed by atoms with Crippen LogP contribution in [-0.4, -0.2) is 8.42 Å². The van der Waals surface area contributed by atoms with Crippen LogP contribution in [0.4, 0.5) is 18.9 Å². The Kier molecular flexibility index (Phi) is 4.03. The van der Waals surface area contributed by atoms with Crippen molar-refractivity contribution in [2.45, 2.75) is 16.0 Å². The number of rotatable bonds is 2. The summed E-state index contributed by atoms with van der Waals surface area (Å²) in [5.74, 6) is 0. The number of hydrogen-bond donors (Lipinski definition) is 1. The minimum Gasteiger partial charge on any atom is -0.398 e. The molecule has 2 N–H and O–H groups in total. The highest BCUT2D eigenvalue weighted by Gasteiger charge is 2.34. The fraction of sp³-hybridized carbons (Fsp3) is 0.0769. The Balaban J connectivity index is 2.61. The van der Waals surface area contributed by atoms with Gasteiger partial charge < -0.3 is 5.73 Å². The average molecular weight is 380 g/mol. The predicted molar refractivity (Wildman–Crippen MR) is 75.5 cm³/mol. The molecule has 0 bridgehead atoms. The lowest BCUT2D eigenvalue weighted by Gasteiger charge is -2.12. The number of halogens is 4. The van der Waals surface area contributed by atoms with Crippen LogP contribution in [0.1, 0.15) is 5.56 Å². The topological polar surface area (TPSA) is 60.2 Å². The molecule has 0 aliphatic carbocycles. The molecular weight excluding hydrogens is 371 g/mol. The van der Waals surface area contributed by atoms with Crippen LogP contribution >= 0.6 is 15.9 Å². The molecule has 0 spiro atoms. The molecule has 0 saturated carbocycles. The molecule has 2 rings (SSSR count). The Morgan fingerprint density at radius 3 is 2.19 bits per heavy atom. The summed E-state index contributed by atoms with van der Waals surface area (Å²) in [4.78, 5) is -0.558. The summed E-state index contributed by atoms with van der Waals surface area (Å²) in [7, 11) is -4.05. The van der Waals surface area contributed by atoms with Crippen LogP contribution in [0.2, 0.25) is 0 Å². The zero-order valence-electron chi connectivity index (χ0n) is 10.4. The Bertz CT molecular complexity index is 788. The van der Waals surface area contributed by atoms with Crippen LogP contribution in [0.3, 0.4) is 0 Å². The number of sulfone groups is 1. The van der Waals surface area contributed by atoms with Crippen LogP contribution in [0, 0.1) is 0 Å². The van der Waals surface area contributed by atoms with Crippen LogP contribution in [0.25, 0.3) is 0 Å². The van der Waals surface area contributed by atoms with Gasteiger partial charge in [0.1, 0.15) is 0 Å². The molecular formula is C13H9BrF3NO2S. The summed E-state index contributed by atoms with van der Waals surface area (Å²) in [6.45, 7) is 0. The first-order chi connectivity index (χ1) is 9.62. The van der Waals surface area contributed by atoms with Crippen molar-refractivity contribution in [2.75, 3.05) is 5.73 Å². The highest BCUT2D eigenvalue weighted by Crippen LogP contribution is 2.36. The van der Waals surface area contributed by atoms with Gasteiger partial charge in [-0.15, -0.1) is 0 Å². The van der Waals surface area contributed by atoms with E-state index in [0.29, 0.717) is 10.5 Å². The molecule has 0 aliphatic rings. The lowest BCUT2D eigenvalue weighted by molar-refractivity contribution is -0.137. The molecule has 0 fully saturated rings. The maximum absolute atomic E-state index is 12.8. The van der Waals surface area contributed by atoms with Gasteiger partial charge in [0.25, 0.3) is 0 Å². The third kappa shape index (κ3) is 3.21. The molecule has 3 nitrogen and oxygen atoms in total. The van der Waals surface area contributed by atoms with Crippen molar-refractivity contribution in [1.29, 1.82) is 0 Å². The van der Waals surface area contributed by atoms with E-state index in [0.717, 1.165) is 12.1 Å². The van der Waals surface area contributed by atoms with Gasteiger partial charge in [-0.25, -0.2) is 8.42 Å². The maximum atomic E-state index is 12.8. The summed E-state index contributed by atoms with van der Waals surface area (Å²) < 4.78 is 63.6. The second kappa shape index (κ2) is 5.34. The SMILES string of the molecule is Nc1ccc(S(=O)(=O)c2cccc(Br)c2)cc1C(F)(F)F. The predicted octanol–water partition coefficient (Wildman–Crippen LogP) is 3.88. The molecule has 2 aromatic carbocycles. The van der Waals surface area contributed by atoms with Crippen molar-refractivity contribution in [3.05, 3.63) is 52.5 Å². The van der Waals surface area contributed by atoms with Gasteiger partial charge in [0, 0.05) is 10.2 Å². The fourth-order valence-electron chi connectivity index (χ4n) is 1.72. The van der Waals surface area contributed by atoms with Crippen LogP contribution in [-0.2, 0) is 16.0 Å². The van der Waals surface area contributed by atoms with E-state index in [9.17, 15) is 21.6 Å². The van der Waals surface area contributed by atoms with Gasteiger partial charge in [0.15, 0.2) is 0 Å². The van der Waals surface area contributed by atoms with Gasteiger partial charge in [0.05, 0.1) is 15.4 Å². The molecule has 0 amide bonds. The van der Waals surface area contributed by atoms with Crippen molar-refractivity contribution in [1.82, 2.24) is 0 Å². The van der Waals surface area contributed by atoms with Crippen LogP contribution in [0.5, 0.6) is 0 Å². The molecule has 0 heterocycles. The Morgan fingerprint density at radius 1 is 1.00 bits per heavy atom. The molecule has 0 aromatic heterocycles. The fourth-order valence-corrected chi connectivity index (χ4v) is 3.60. The number of benzene rings is 2. The number of nitrogen functional groups attached to an aromatic ring is 1. The summed E-state index contributed by atoms with van der Waals surface area (Å²) in [6.07, 6.45) is -4.72. The maximum Gasteiger partial charge on any atom is 0.418 e. The van der Waals surface area contributed by atoms with E-state index in [4.69, 9.17) is 5.73 Å². The largest absolute Gasteiger partial charge is 0.418 e. The molecule has 0 radical (unpaired) electrons. The molecule has 2 aromatic rings. The number of hydrogen-bond acceptors (Lipinski definition) is 3. The van der Waals surface area contributed by atoms with Gasteiger partial charge in [-0.2, -0.15) is 13.2 Å². The number of anilines is 1. The third-order valence-corrected chi connectivity index (χ3v) is 4.99. The minimum atomic E-state index is -4.72. The van der Waals surface area contributed by atoms with Gasteiger partial charge in [-0.05, 0) is 36.4 Å². The number of nitrogens with two attached hydrogens (primary N) is 1. The molecule has 112 valence electrons. The normalized spacial score (nSPS) is 12.4. The summed E-state index contributed by atoms with van der Waals surface area (Å²) >= 11 is 3.12. The molecule has 0 saturated heterocycles. The van der Waals surface area contributed by atoms with E-state index in [1.54, 1.807) is 6.07 Å². The average Bonchev–Trinajstić information content (AvgIpc) is 2.37. The van der Waals surface area contributed by atoms with Crippen LogP contribution < -0.4 is 5.73 Å². The van der Waals surface area contributed by atoms with E-state index in [1.807, 2.05) is 0 Å². The first-order valence-corrected chi connectivity index (χ1v) is 7.87. The van der Waals surface area contributed by atoms with Crippen LogP contribution in [0.15, 0.2) is 56.7 Å². The highest BCUT2D eigenvalue weighted by molar-refractivity contribution is 9.10. The zero-order valence-corrected chi connectivity index (χ0v) is 12.8. The van der Waals surface area contributed by atoms with E-state index >= 15 is 0 Å². The smallest absolute Gasteiger partial charge is 0.398 e. The van der Waals surface area contributed by atoms with Gasteiger partial charge in [0.2, 0.25) is 9.84 Å². The highest BCUT2D eigenvalue weighted by atomic mass is 79.9. The van der Waals surface area contributed by atoms with Crippen molar-refractivity contribution >= 4 is 31.5 Å². The summed E-state index contributed by atoms with van der Waals surface area (Å²) in [5, 5.41) is 0. The monoisotopic (exact) mass is 379 g/mol. The second-order valence-corrected chi connectivity index (χ2v) is 7.07. The molecule has 8 heteroatoms. The van der Waals surface area contributed by atoms with E-state index in [2.05, 4.69) is 15.9 Å². The Hall–Kier alpha value is -1.54. The van der Waals surface area contributed by atoms with E-state index in [-0.39, 0.29) is 4.90 Å². The Morgan fingerprint density at radius 2 is 1.62 bits per heavy atom.